The second-order valence-electron chi connectivity index (χ2n) is 8.98. The number of hydrogen-bond acceptors (Lipinski definition) is 7. The third-order valence-electron chi connectivity index (χ3n) is 6.78. The third kappa shape index (κ3) is 3.90. The highest BCUT2D eigenvalue weighted by atomic mass is 32.1. The number of likely N-dealkylation sites (tertiary alicyclic amines) is 1. The van der Waals surface area contributed by atoms with Crippen molar-refractivity contribution < 1.29 is 4.74 Å². The van der Waals surface area contributed by atoms with Crippen LogP contribution in [0.4, 0.5) is 11.4 Å². The van der Waals surface area contributed by atoms with E-state index in [0.717, 1.165) is 84.9 Å². The Hall–Kier alpha value is -2.88. The summed E-state index contributed by atoms with van der Waals surface area (Å²) in [5, 5.41) is 6.79. The SMILES string of the molecule is CN1CCC(Nc2c(-c3nc4ccc(N5CCOCC5)cc4[nH]3)c(=O)[nH]c3sccc23)CC1. The number of anilines is 2. The average molecular weight is 465 g/mol. The van der Waals surface area contributed by atoms with Gasteiger partial charge in [-0.1, -0.05) is 0 Å². The second kappa shape index (κ2) is 8.48. The molecule has 172 valence electrons. The maximum atomic E-state index is 13.3. The highest BCUT2D eigenvalue weighted by Gasteiger charge is 2.23. The number of fused-ring (bicyclic) bond motifs is 2. The number of piperidine rings is 1. The molecule has 2 saturated heterocycles. The van der Waals surface area contributed by atoms with Crippen LogP contribution in [-0.4, -0.2) is 72.3 Å². The van der Waals surface area contributed by atoms with Gasteiger partial charge in [-0.2, -0.15) is 0 Å². The quantitative estimate of drug-likeness (QED) is 0.429. The van der Waals surface area contributed by atoms with Gasteiger partial charge in [0, 0.05) is 30.2 Å². The molecular formula is C24H28N6O2S. The van der Waals surface area contributed by atoms with Crippen molar-refractivity contribution in [3.63, 3.8) is 0 Å². The zero-order valence-electron chi connectivity index (χ0n) is 18.7. The molecule has 3 aromatic heterocycles. The van der Waals surface area contributed by atoms with Gasteiger partial charge in [0.15, 0.2) is 0 Å². The van der Waals surface area contributed by atoms with Crippen LogP contribution in [0.15, 0.2) is 34.4 Å². The molecule has 6 rings (SSSR count). The number of H-pyrrole nitrogens is 2. The first kappa shape index (κ1) is 20.7. The van der Waals surface area contributed by atoms with E-state index >= 15 is 0 Å². The zero-order valence-corrected chi connectivity index (χ0v) is 19.5. The molecule has 0 atom stereocenters. The van der Waals surface area contributed by atoms with Crippen LogP contribution in [0.5, 0.6) is 0 Å². The van der Waals surface area contributed by atoms with E-state index < -0.39 is 0 Å². The van der Waals surface area contributed by atoms with Gasteiger partial charge in [0.2, 0.25) is 0 Å². The molecule has 0 unspecified atom stereocenters. The maximum Gasteiger partial charge on any atom is 0.262 e. The van der Waals surface area contributed by atoms with Crippen LogP contribution in [0.2, 0.25) is 0 Å². The molecule has 0 aliphatic carbocycles. The monoisotopic (exact) mass is 464 g/mol. The molecule has 4 aromatic rings. The summed E-state index contributed by atoms with van der Waals surface area (Å²) < 4.78 is 5.48. The van der Waals surface area contributed by atoms with Gasteiger partial charge in [-0.3, -0.25) is 4.79 Å². The summed E-state index contributed by atoms with van der Waals surface area (Å²) in [5.41, 5.74) is 4.29. The van der Waals surface area contributed by atoms with Crippen LogP contribution in [0.25, 0.3) is 32.6 Å². The standard InChI is InChI=1S/C24H28N6O2S/c1-29-7-4-15(5-8-29)25-21-17-6-13-33-24(17)28-23(31)20(21)22-26-18-3-2-16(14-19(18)27-22)30-9-11-32-12-10-30/h2-3,6,13-15H,4-5,7-12H2,1H3,(H,26,27)(H2,25,28,31). The molecule has 3 N–H and O–H groups in total. The second-order valence-corrected chi connectivity index (χ2v) is 9.89. The van der Waals surface area contributed by atoms with Crippen LogP contribution >= 0.6 is 11.3 Å². The van der Waals surface area contributed by atoms with Crippen molar-refractivity contribution in [1.29, 1.82) is 0 Å². The smallest absolute Gasteiger partial charge is 0.262 e. The first-order valence-corrected chi connectivity index (χ1v) is 12.4. The number of imidazole rings is 1. The Kier molecular flexibility index (Phi) is 5.32. The number of nitrogens with zero attached hydrogens (tertiary/aromatic N) is 3. The van der Waals surface area contributed by atoms with Gasteiger partial charge in [-0.15, -0.1) is 11.3 Å². The number of morpholine rings is 1. The number of rotatable bonds is 4. The largest absolute Gasteiger partial charge is 0.381 e. The maximum absolute atomic E-state index is 13.3. The van der Waals surface area contributed by atoms with Crippen LogP contribution in [0.1, 0.15) is 12.8 Å². The number of pyridine rings is 1. The molecule has 8 nitrogen and oxygen atoms in total. The Morgan fingerprint density at radius 3 is 2.76 bits per heavy atom. The molecule has 9 heteroatoms. The predicted molar refractivity (Wildman–Crippen MR) is 135 cm³/mol. The minimum absolute atomic E-state index is 0.118. The Balaban J connectivity index is 1.42. The summed E-state index contributed by atoms with van der Waals surface area (Å²) >= 11 is 1.55. The van der Waals surface area contributed by atoms with Crippen molar-refractivity contribution in [1.82, 2.24) is 19.9 Å². The molecule has 2 aliphatic heterocycles. The Morgan fingerprint density at radius 1 is 1.12 bits per heavy atom. The number of benzene rings is 1. The molecule has 33 heavy (non-hydrogen) atoms. The van der Waals surface area contributed by atoms with Crippen molar-refractivity contribution in [3.8, 4) is 11.4 Å². The van der Waals surface area contributed by atoms with Gasteiger partial charge in [-0.25, -0.2) is 4.98 Å². The van der Waals surface area contributed by atoms with E-state index in [2.05, 4.69) is 50.3 Å². The molecule has 1 aromatic carbocycles. The van der Waals surface area contributed by atoms with Crippen molar-refractivity contribution in [3.05, 3.63) is 40.0 Å². The van der Waals surface area contributed by atoms with Crippen LogP contribution in [-0.2, 0) is 4.74 Å². The highest BCUT2D eigenvalue weighted by molar-refractivity contribution is 7.16. The van der Waals surface area contributed by atoms with Crippen molar-refractivity contribution in [2.24, 2.45) is 0 Å². The van der Waals surface area contributed by atoms with E-state index in [-0.39, 0.29) is 5.56 Å². The van der Waals surface area contributed by atoms with Crippen molar-refractivity contribution >= 4 is 44.0 Å². The first-order valence-electron chi connectivity index (χ1n) is 11.6. The van der Waals surface area contributed by atoms with E-state index in [9.17, 15) is 4.79 Å². The topological polar surface area (TPSA) is 89.3 Å². The van der Waals surface area contributed by atoms with E-state index in [1.54, 1.807) is 11.3 Å². The molecule has 0 amide bonds. The average Bonchev–Trinajstić information content (AvgIpc) is 3.47. The highest BCUT2D eigenvalue weighted by Crippen LogP contribution is 2.35. The minimum Gasteiger partial charge on any atom is -0.381 e. The molecule has 2 fully saturated rings. The number of hydrogen-bond donors (Lipinski definition) is 3. The third-order valence-corrected chi connectivity index (χ3v) is 7.61. The van der Waals surface area contributed by atoms with Gasteiger partial charge in [-0.05, 0) is 62.6 Å². The van der Waals surface area contributed by atoms with Crippen LogP contribution in [0, 0.1) is 0 Å². The van der Waals surface area contributed by atoms with Gasteiger partial charge >= 0.3 is 0 Å². The summed E-state index contributed by atoms with van der Waals surface area (Å²) in [6.45, 7) is 5.36. The lowest BCUT2D eigenvalue weighted by Crippen LogP contribution is -2.37. The Labute approximate surface area is 195 Å². The molecule has 0 bridgehead atoms. The predicted octanol–water partition coefficient (Wildman–Crippen LogP) is 3.48. The number of thiophene rings is 1. The lowest BCUT2D eigenvalue weighted by molar-refractivity contribution is 0.122. The molecule has 5 heterocycles. The number of ether oxygens (including phenoxy) is 1. The van der Waals surface area contributed by atoms with Gasteiger partial charge in [0.25, 0.3) is 5.56 Å². The fourth-order valence-electron chi connectivity index (χ4n) is 4.88. The van der Waals surface area contributed by atoms with Gasteiger partial charge < -0.3 is 29.8 Å². The molecule has 0 spiro atoms. The van der Waals surface area contributed by atoms with E-state index in [1.165, 1.54) is 0 Å². The Bertz CT molecular complexity index is 1340. The summed E-state index contributed by atoms with van der Waals surface area (Å²) in [7, 11) is 2.16. The minimum atomic E-state index is -0.118. The van der Waals surface area contributed by atoms with E-state index in [0.29, 0.717) is 17.4 Å². The van der Waals surface area contributed by atoms with Gasteiger partial charge in [0.1, 0.15) is 16.2 Å². The molecular weight excluding hydrogens is 436 g/mol. The first-order chi connectivity index (χ1) is 16.2. The lowest BCUT2D eigenvalue weighted by Gasteiger charge is -2.30. The number of nitrogens with one attached hydrogen (secondary N) is 3. The Morgan fingerprint density at radius 2 is 1.94 bits per heavy atom. The normalized spacial score (nSPS) is 18.4. The van der Waals surface area contributed by atoms with Crippen LogP contribution in [0.3, 0.4) is 0 Å². The van der Waals surface area contributed by atoms with Crippen molar-refractivity contribution in [2.45, 2.75) is 18.9 Å². The molecule has 0 saturated carbocycles. The summed E-state index contributed by atoms with van der Waals surface area (Å²) in [5.74, 6) is 0.605. The number of aromatic amines is 2. The lowest BCUT2D eigenvalue weighted by atomic mass is 10.0. The summed E-state index contributed by atoms with van der Waals surface area (Å²) in [6, 6.07) is 8.67. The summed E-state index contributed by atoms with van der Waals surface area (Å²) in [6.07, 6.45) is 2.11. The van der Waals surface area contributed by atoms with Gasteiger partial charge in [0.05, 0.1) is 29.9 Å². The molecule has 2 aliphatic rings. The zero-order chi connectivity index (χ0) is 22.4. The number of aromatic nitrogens is 3. The van der Waals surface area contributed by atoms with Crippen molar-refractivity contribution in [2.75, 3.05) is 56.7 Å². The van der Waals surface area contributed by atoms with Crippen LogP contribution < -0.4 is 15.8 Å². The fraction of sp³-hybridized carbons (Fsp3) is 0.417. The van der Waals surface area contributed by atoms with E-state index in [1.807, 2.05) is 11.4 Å². The summed E-state index contributed by atoms with van der Waals surface area (Å²) in [4.78, 5) is 30.1. The fourth-order valence-corrected chi connectivity index (χ4v) is 5.67. The van der Waals surface area contributed by atoms with E-state index in [4.69, 9.17) is 9.72 Å². The molecule has 0 radical (unpaired) electrons.